The number of nitrogens with one attached hydrogen (secondary N) is 1. The molecule has 1 aromatic carbocycles. The van der Waals surface area contributed by atoms with E-state index in [4.69, 9.17) is 0 Å². The summed E-state index contributed by atoms with van der Waals surface area (Å²) in [6, 6.07) is 6.95. The molecule has 1 heterocycles. The number of hydrogen-bond donors (Lipinski definition) is 1. The van der Waals surface area contributed by atoms with Gasteiger partial charge in [0.1, 0.15) is 0 Å². The van der Waals surface area contributed by atoms with Gasteiger partial charge in [-0.1, -0.05) is 50.0 Å². The minimum atomic E-state index is 0.270. The Labute approximate surface area is 87.2 Å². The smallest absolute Gasteiger partial charge is 0.236 e. The van der Waals surface area contributed by atoms with Crippen LogP contribution >= 0.6 is 0 Å². The number of hydrogen-bond acceptors (Lipinski definition) is 1. The van der Waals surface area contributed by atoms with Crippen molar-refractivity contribution >= 4 is 12.9 Å². The zero-order chi connectivity index (χ0) is 10.2. The SMILES string of the molecule is CC(C)(C)c1ccc2c(c1)BNCC2. The molecule has 0 fully saturated rings. The van der Waals surface area contributed by atoms with Gasteiger partial charge in [0.2, 0.25) is 7.41 Å². The van der Waals surface area contributed by atoms with E-state index in [1.165, 1.54) is 23.0 Å². The van der Waals surface area contributed by atoms with Crippen LogP contribution in [0.3, 0.4) is 0 Å². The average molecular weight is 187 g/mol. The summed E-state index contributed by atoms with van der Waals surface area (Å²) >= 11 is 0. The number of rotatable bonds is 0. The molecule has 1 nitrogen and oxygen atoms in total. The van der Waals surface area contributed by atoms with Gasteiger partial charge in [-0.05, 0) is 23.9 Å². The second-order valence-corrected chi connectivity index (χ2v) is 5.16. The van der Waals surface area contributed by atoms with Crippen LogP contribution in [0.4, 0.5) is 0 Å². The van der Waals surface area contributed by atoms with Crippen molar-refractivity contribution in [3.05, 3.63) is 29.3 Å². The van der Waals surface area contributed by atoms with Crippen LogP contribution in [-0.2, 0) is 11.8 Å². The molecule has 0 spiro atoms. The van der Waals surface area contributed by atoms with Crippen LogP contribution < -0.4 is 10.7 Å². The lowest BCUT2D eigenvalue weighted by molar-refractivity contribution is 0.590. The van der Waals surface area contributed by atoms with Crippen molar-refractivity contribution in [3.8, 4) is 0 Å². The maximum absolute atomic E-state index is 3.42. The third-order valence-corrected chi connectivity index (χ3v) is 2.96. The topological polar surface area (TPSA) is 12.0 Å². The molecule has 0 amide bonds. The van der Waals surface area contributed by atoms with Gasteiger partial charge in [0.05, 0.1) is 0 Å². The van der Waals surface area contributed by atoms with Gasteiger partial charge in [0.15, 0.2) is 0 Å². The van der Waals surface area contributed by atoms with Crippen LogP contribution in [-0.4, -0.2) is 14.0 Å². The maximum atomic E-state index is 3.42. The molecular weight excluding hydrogens is 169 g/mol. The van der Waals surface area contributed by atoms with Crippen molar-refractivity contribution < 1.29 is 0 Å². The van der Waals surface area contributed by atoms with Crippen molar-refractivity contribution in [2.45, 2.75) is 32.6 Å². The summed E-state index contributed by atoms with van der Waals surface area (Å²) in [4.78, 5) is 0. The van der Waals surface area contributed by atoms with Crippen LogP contribution in [0.2, 0.25) is 0 Å². The predicted molar refractivity (Wildman–Crippen MR) is 63.6 cm³/mol. The first kappa shape index (κ1) is 9.79. The van der Waals surface area contributed by atoms with Gasteiger partial charge in [-0.15, -0.1) is 0 Å². The molecule has 0 saturated carbocycles. The minimum absolute atomic E-state index is 0.270. The molecule has 1 aliphatic rings. The van der Waals surface area contributed by atoms with Gasteiger partial charge in [0.25, 0.3) is 0 Å². The minimum Gasteiger partial charge on any atom is -0.354 e. The molecule has 0 atom stereocenters. The molecule has 14 heavy (non-hydrogen) atoms. The number of benzene rings is 1. The zero-order valence-electron chi connectivity index (χ0n) is 9.35. The third kappa shape index (κ3) is 1.85. The summed E-state index contributed by atoms with van der Waals surface area (Å²) in [6.45, 7) is 7.93. The van der Waals surface area contributed by atoms with E-state index in [9.17, 15) is 0 Å². The fourth-order valence-electron chi connectivity index (χ4n) is 1.95. The van der Waals surface area contributed by atoms with Gasteiger partial charge in [-0.2, -0.15) is 0 Å². The van der Waals surface area contributed by atoms with Gasteiger partial charge >= 0.3 is 0 Å². The molecule has 1 aromatic rings. The second-order valence-electron chi connectivity index (χ2n) is 5.16. The zero-order valence-corrected chi connectivity index (χ0v) is 9.35. The maximum Gasteiger partial charge on any atom is 0.236 e. The lowest BCUT2D eigenvalue weighted by Crippen LogP contribution is -2.40. The molecular formula is C12H18BN. The predicted octanol–water partition coefficient (Wildman–Crippen LogP) is 1.11. The van der Waals surface area contributed by atoms with Gasteiger partial charge in [-0.25, -0.2) is 0 Å². The summed E-state index contributed by atoms with van der Waals surface area (Å²) in [5.74, 6) is 0. The Morgan fingerprint density at radius 3 is 2.79 bits per heavy atom. The van der Waals surface area contributed by atoms with E-state index in [0.717, 1.165) is 14.0 Å². The van der Waals surface area contributed by atoms with Crippen LogP contribution in [0, 0.1) is 0 Å². The van der Waals surface area contributed by atoms with Crippen LogP contribution in [0.25, 0.3) is 0 Å². The van der Waals surface area contributed by atoms with E-state index in [1.54, 1.807) is 0 Å². The van der Waals surface area contributed by atoms with Crippen LogP contribution in [0.1, 0.15) is 31.9 Å². The normalized spacial score (nSPS) is 15.9. The first-order valence-corrected chi connectivity index (χ1v) is 5.40. The highest BCUT2D eigenvalue weighted by Gasteiger charge is 2.16. The average Bonchev–Trinajstić information content (AvgIpc) is 2.16. The van der Waals surface area contributed by atoms with Crippen LogP contribution in [0.5, 0.6) is 0 Å². The lowest BCUT2D eigenvalue weighted by atomic mass is 9.72. The summed E-state index contributed by atoms with van der Waals surface area (Å²) in [5, 5.41) is 3.42. The van der Waals surface area contributed by atoms with Crippen molar-refractivity contribution in [2.75, 3.05) is 6.54 Å². The molecule has 1 aliphatic heterocycles. The van der Waals surface area contributed by atoms with Gasteiger partial charge in [0, 0.05) is 0 Å². The Bertz CT molecular complexity index is 339. The molecule has 1 N–H and O–H groups in total. The first-order valence-electron chi connectivity index (χ1n) is 5.40. The second kappa shape index (κ2) is 3.43. The van der Waals surface area contributed by atoms with E-state index in [2.05, 4.69) is 44.2 Å². The van der Waals surface area contributed by atoms with E-state index < -0.39 is 0 Å². The fourth-order valence-corrected chi connectivity index (χ4v) is 1.95. The molecule has 0 bridgehead atoms. The van der Waals surface area contributed by atoms with E-state index in [0.29, 0.717) is 0 Å². The lowest BCUT2D eigenvalue weighted by Gasteiger charge is -2.23. The Hall–Kier alpha value is -0.755. The highest BCUT2D eigenvalue weighted by atomic mass is 14.8. The standard InChI is InChI=1S/C12H18BN/c1-12(2,3)10-5-4-9-6-7-14-13-11(9)8-10/h4-5,8,13-14H,6-7H2,1-3H3. The Balaban J connectivity index is 2.39. The quantitative estimate of drug-likeness (QED) is 0.600. The first-order chi connectivity index (χ1) is 6.57. The molecule has 0 saturated heterocycles. The molecule has 0 unspecified atom stereocenters. The molecule has 2 rings (SSSR count). The monoisotopic (exact) mass is 187 g/mol. The molecule has 0 radical (unpaired) electrons. The Morgan fingerprint density at radius 2 is 2.07 bits per heavy atom. The van der Waals surface area contributed by atoms with Crippen molar-refractivity contribution in [1.29, 1.82) is 0 Å². The van der Waals surface area contributed by atoms with Crippen molar-refractivity contribution in [1.82, 2.24) is 5.23 Å². The van der Waals surface area contributed by atoms with E-state index in [1.807, 2.05) is 0 Å². The molecule has 0 aromatic heterocycles. The van der Waals surface area contributed by atoms with Crippen LogP contribution in [0.15, 0.2) is 18.2 Å². The fraction of sp³-hybridized carbons (Fsp3) is 0.500. The summed E-state index contributed by atoms with van der Waals surface area (Å²) < 4.78 is 0. The summed E-state index contributed by atoms with van der Waals surface area (Å²) in [7, 11) is 1.04. The van der Waals surface area contributed by atoms with E-state index in [-0.39, 0.29) is 5.41 Å². The molecule has 0 aliphatic carbocycles. The largest absolute Gasteiger partial charge is 0.354 e. The molecule has 74 valence electrons. The van der Waals surface area contributed by atoms with Crippen molar-refractivity contribution in [3.63, 3.8) is 0 Å². The van der Waals surface area contributed by atoms with Gasteiger partial charge in [-0.3, -0.25) is 0 Å². The van der Waals surface area contributed by atoms with Gasteiger partial charge < -0.3 is 5.23 Å². The van der Waals surface area contributed by atoms with E-state index >= 15 is 0 Å². The number of fused-ring (bicyclic) bond motifs is 1. The highest BCUT2D eigenvalue weighted by molar-refractivity contribution is 6.52. The highest BCUT2D eigenvalue weighted by Crippen LogP contribution is 2.21. The summed E-state index contributed by atoms with van der Waals surface area (Å²) in [6.07, 6.45) is 1.18. The van der Waals surface area contributed by atoms with Crippen molar-refractivity contribution in [2.24, 2.45) is 0 Å². The Morgan fingerprint density at radius 1 is 1.29 bits per heavy atom. The molecule has 2 heteroatoms. The third-order valence-electron chi connectivity index (χ3n) is 2.96. The Kier molecular flexibility index (Phi) is 2.40. The summed E-state index contributed by atoms with van der Waals surface area (Å²) in [5.41, 5.74) is 4.73.